The van der Waals surface area contributed by atoms with Crippen molar-refractivity contribution in [1.82, 2.24) is 0 Å². The van der Waals surface area contributed by atoms with Crippen LogP contribution in [0.4, 0.5) is 14.5 Å². The second-order valence-electron chi connectivity index (χ2n) is 4.29. The minimum absolute atomic E-state index is 0.0471. The summed E-state index contributed by atoms with van der Waals surface area (Å²) in [5.41, 5.74) is 6.68. The summed E-state index contributed by atoms with van der Waals surface area (Å²) in [4.78, 5) is 11.6. The molecule has 0 saturated carbocycles. The summed E-state index contributed by atoms with van der Waals surface area (Å²) in [5.74, 6) is -0.486. The first-order valence-electron chi connectivity index (χ1n) is 6.22. The fourth-order valence-electron chi connectivity index (χ4n) is 1.86. The van der Waals surface area contributed by atoms with Crippen molar-refractivity contribution in [2.24, 2.45) is 5.73 Å². The molecular formula is C15H14F2N2O2. The minimum Gasteiger partial charge on any atom is -0.435 e. The molecule has 0 aliphatic carbocycles. The van der Waals surface area contributed by atoms with Crippen LogP contribution in [0.15, 0.2) is 54.6 Å². The third kappa shape index (κ3) is 4.17. The molecular weight excluding hydrogens is 278 g/mol. The normalized spacial score (nSPS) is 12.0. The van der Waals surface area contributed by atoms with Gasteiger partial charge in [-0.3, -0.25) is 4.79 Å². The smallest absolute Gasteiger partial charge is 0.387 e. The first kappa shape index (κ1) is 14.8. The zero-order valence-electron chi connectivity index (χ0n) is 11.0. The summed E-state index contributed by atoms with van der Waals surface area (Å²) in [6.07, 6.45) is 0. The monoisotopic (exact) mass is 292 g/mol. The first-order chi connectivity index (χ1) is 10.1. The van der Waals surface area contributed by atoms with E-state index in [4.69, 9.17) is 5.73 Å². The maximum atomic E-state index is 12.1. The molecule has 0 radical (unpaired) electrons. The molecule has 1 unspecified atom stereocenters. The van der Waals surface area contributed by atoms with E-state index in [9.17, 15) is 13.6 Å². The number of amides is 1. The topological polar surface area (TPSA) is 64.4 Å². The van der Waals surface area contributed by atoms with Crippen molar-refractivity contribution in [3.8, 4) is 5.75 Å². The highest BCUT2D eigenvalue weighted by Crippen LogP contribution is 2.22. The van der Waals surface area contributed by atoms with Gasteiger partial charge in [-0.1, -0.05) is 30.3 Å². The SMILES string of the molecule is NC(=O)C(Nc1ccc(OC(F)F)cc1)c1ccccc1. The molecule has 4 nitrogen and oxygen atoms in total. The van der Waals surface area contributed by atoms with Crippen LogP contribution in [0.2, 0.25) is 0 Å². The number of hydrogen-bond donors (Lipinski definition) is 2. The lowest BCUT2D eigenvalue weighted by atomic mass is 10.1. The Morgan fingerprint density at radius 2 is 1.67 bits per heavy atom. The van der Waals surface area contributed by atoms with Gasteiger partial charge < -0.3 is 15.8 Å². The summed E-state index contributed by atoms with van der Waals surface area (Å²) < 4.78 is 28.4. The molecule has 1 amide bonds. The van der Waals surface area contributed by atoms with Crippen LogP contribution in [0, 0.1) is 0 Å². The van der Waals surface area contributed by atoms with Crippen molar-refractivity contribution in [1.29, 1.82) is 0 Å². The van der Waals surface area contributed by atoms with Gasteiger partial charge in [0.1, 0.15) is 11.8 Å². The molecule has 110 valence electrons. The Bertz CT molecular complexity index is 588. The van der Waals surface area contributed by atoms with E-state index in [1.807, 2.05) is 6.07 Å². The number of benzene rings is 2. The largest absolute Gasteiger partial charge is 0.435 e. The zero-order chi connectivity index (χ0) is 15.2. The third-order valence-electron chi connectivity index (χ3n) is 2.81. The number of nitrogens with one attached hydrogen (secondary N) is 1. The van der Waals surface area contributed by atoms with Gasteiger partial charge in [0.25, 0.3) is 0 Å². The van der Waals surface area contributed by atoms with Gasteiger partial charge in [-0.05, 0) is 29.8 Å². The van der Waals surface area contributed by atoms with Crippen LogP contribution in [0.25, 0.3) is 0 Å². The molecule has 2 rings (SSSR count). The summed E-state index contributed by atoms with van der Waals surface area (Å²) in [6.45, 7) is -2.87. The number of ether oxygens (including phenoxy) is 1. The number of hydrogen-bond acceptors (Lipinski definition) is 3. The van der Waals surface area contributed by atoms with Crippen LogP contribution < -0.4 is 15.8 Å². The van der Waals surface area contributed by atoms with Crippen molar-refractivity contribution in [2.75, 3.05) is 5.32 Å². The van der Waals surface area contributed by atoms with E-state index in [0.29, 0.717) is 5.69 Å². The van der Waals surface area contributed by atoms with Crippen molar-refractivity contribution in [3.05, 3.63) is 60.2 Å². The second kappa shape index (κ2) is 6.69. The Morgan fingerprint density at radius 1 is 1.05 bits per heavy atom. The van der Waals surface area contributed by atoms with Gasteiger partial charge in [0, 0.05) is 5.69 Å². The van der Waals surface area contributed by atoms with Gasteiger partial charge in [0.05, 0.1) is 0 Å². The number of alkyl halides is 2. The Labute approximate surface area is 120 Å². The number of nitrogens with two attached hydrogens (primary N) is 1. The average molecular weight is 292 g/mol. The highest BCUT2D eigenvalue weighted by atomic mass is 19.3. The van der Waals surface area contributed by atoms with Crippen LogP contribution in [0.5, 0.6) is 5.75 Å². The predicted molar refractivity (Wildman–Crippen MR) is 75.1 cm³/mol. The number of halogens is 2. The molecule has 0 saturated heterocycles. The van der Waals surface area contributed by atoms with Crippen LogP contribution >= 0.6 is 0 Å². The Morgan fingerprint density at radius 3 is 2.19 bits per heavy atom. The summed E-state index contributed by atoms with van der Waals surface area (Å²) >= 11 is 0. The summed E-state index contributed by atoms with van der Waals surface area (Å²) in [7, 11) is 0. The lowest BCUT2D eigenvalue weighted by molar-refractivity contribution is -0.118. The fourth-order valence-corrected chi connectivity index (χ4v) is 1.86. The van der Waals surface area contributed by atoms with E-state index in [0.717, 1.165) is 5.56 Å². The van der Waals surface area contributed by atoms with E-state index in [-0.39, 0.29) is 5.75 Å². The molecule has 0 heterocycles. The minimum atomic E-state index is -2.87. The van der Waals surface area contributed by atoms with E-state index in [1.54, 1.807) is 24.3 Å². The van der Waals surface area contributed by atoms with E-state index in [2.05, 4.69) is 10.1 Å². The van der Waals surface area contributed by atoms with Crippen molar-refractivity contribution in [2.45, 2.75) is 12.7 Å². The molecule has 0 spiro atoms. The molecule has 3 N–H and O–H groups in total. The van der Waals surface area contributed by atoms with Crippen molar-refractivity contribution >= 4 is 11.6 Å². The molecule has 0 aliphatic rings. The Kier molecular flexibility index (Phi) is 4.71. The van der Waals surface area contributed by atoms with Crippen molar-refractivity contribution in [3.63, 3.8) is 0 Å². The van der Waals surface area contributed by atoms with Gasteiger partial charge in [-0.2, -0.15) is 8.78 Å². The van der Waals surface area contributed by atoms with Crippen LogP contribution in [-0.2, 0) is 4.79 Å². The van der Waals surface area contributed by atoms with Gasteiger partial charge in [-0.25, -0.2) is 0 Å². The predicted octanol–water partition coefficient (Wildman–Crippen LogP) is 2.93. The van der Waals surface area contributed by atoms with Gasteiger partial charge in [0.2, 0.25) is 5.91 Å². The molecule has 1 atom stereocenters. The number of rotatable bonds is 6. The van der Waals surface area contributed by atoms with Gasteiger partial charge in [-0.15, -0.1) is 0 Å². The maximum Gasteiger partial charge on any atom is 0.387 e. The van der Waals surface area contributed by atoms with E-state index in [1.165, 1.54) is 24.3 Å². The van der Waals surface area contributed by atoms with E-state index >= 15 is 0 Å². The lowest BCUT2D eigenvalue weighted by Crippen LogP contribution is -2.27. The van der Waals surface area contributed by atoms with Gasteiger partial charge >= 0.3 is 6.61 Å². The van der Waals surface area contributed by atoms with Crippen molar-refractivity contribution < 1.29 is 18.3 Å². The molecule has 0 bridgehead atoms. The Hall–Kier alpha value is -2.63. The van der Waals surface area contributed by atoms with Crippen LogP contribution in [0.1, 0.15) is 11.6 Å². The third-order valence-corrected chi connectivity index (χ3v) is 2.81. The quantitative estimate of drug-likeness (QED) is 0.860. The molecule has 2 aromatic carbocycles. The standard InChI is InChI=1S/C15H14F2N2O2/c16-15(17)21-12-8-6-11(7-9-12)19-13(14(18)20)10-4-2-1-3-5-10/h1-9,13,15,19H,(H2,18,20). The van der Waals surface area contributed by atoms with Crippen LogP contribution in [0.3, 0.4) is 0 Å². The average Bonchev–Trinajstić information content (AvgIpc) is 2.46. The fraction of sp³-hybridized carbons (Fsp3) is 0.133. The number of primary amides is 1. The lowest BCUT2D eigenvalue weighted by Gasteiger charge is -2.17. The second-order valence-corrected chi connectivity index (χ2v) is 4.29. The van der Waals surface area contributed by atoms with Gasteiger partial charge in [0.15, 0.2) is 0 Å². The number of carbonyl (C=O) groups excluding carboxylic acids is 1. The molecule has 2 aromatic rings. The Balaban J connectivity index is 2.13. The van der Waals surface area contributed by atoms with E-state index < -0.39 is 18.6 Å². The molecule has 0 fully saturated rings. The highest BCUT2D eigenvalue weighted by Gasteiger charge is 2.17. The molecule has 21 heavy (non-hydrogen) atoms. The maximum absolute atomic E-state index is 12.1. The summed E-state index contributed by atoms with van der Waals surface area (Å²) in [5, 5.41) is 2.96. The number of carbonyl (C=O) groups is 1. The summed E-state index contributed by atoms with van der Waals surface area (Å²) in [6, 6.07) is 14.1. The molecule has 0 aromatic heterocycles. The molecule has 0 aliphatic heterocycles. The highest BCUT2D eigenvalue weighted by molar-refractivity contribution is 5.84. The number of anilines is 1. The van der Waals surface area contributed by atoms with Crippen LogP contribution in [-0.4, -0.2) is 12.5 Å². The molecule has 6 heteroatoms. The zero-order valence-corrected chi connectivity index (χ0v) is 11.0. The first-order valence-corrected chi connectivity index (χ1v) is 6.22.